The van der Waals surface area contributed by atoms with Crippen molar-refractivity contribution in [2.45, 2.75) is 39.0 Å². The summed E-state index contributed by atoms with van der Waals surface area (Å²) >= 11 is 3.72. The monoisotopic (exact) mass is 324 g/mol. The number of rotatable bonds is 5. The lowest BCUT2D eigenvalue weighted by Crippen LogP contribution is -2.33. The molecule has 0 amide bonds. The number of benzene rings is 1. The Hall–Kier alpha value is -0.540. The van der Waals surface area contributed by atoms with Crippen LogP contribution in [-0.2, 0) is 6.42 Å². The number of hydrogen-bond acceptors (Lipinski definition) is 2. The minimum atomic E-state index is 0.716. The van der Waals surface area contributed by atoms with Crippen molar-refractivity contribution in [1.82, 2.24) is 0 Å². The maximum absolute atomic E-state index is 5.61. The third-order valence-electron chi connectivity index (χ3n) is 4.10. The summed E-state index contributed by atoms with van der Waals surface area (Å²) in [5.74, 6) is 0.941. The molecule has 1 aliphatic heterocycles. The lowest BCUT2D eigenvalue weighted by Gasteiger charge is -2.34. The molecular formula is C16H25BrN2. The fourth-order valence-corrected chi connectivity index (χ4v) is 3.68. The van der Waals surface area contributed by atoms with Crippen LogP contribution in [0.15, 0.2) is 22.7 Å². The summed E-state index contributed by atoms with van der Waals surface area (Å²) in [5.41, 5.74) is 8.27. The van der Waals surface area contributed by atoms with E-state index in [2.05, 4.69) is 46.0 Å². The zero-order valence-electron chi connectivity index (χ0n) is 11.9. The molecular weight excluding hydrogens is 300 g/mol. The van der Waals surface area contributed by atoms with E-state index >= 15 is 0 Å². The van der Waals surface area contributed by atoms with Crippen LogP contribution in [0.1, 0.15) is 38.2 Å². The summed E-state index contributed by atoms with van der Waals surface area (Å²) in [6.45, 7) is 5.40. The summed E-state index contributed by atoms with van der Waals surface area (Å²) < 4.78 is 1.22. The maximum atomic E-state index is 5.61. The second-order valence-corrected chi connectivity index (χ2v) is 6.40. The molecule has 19 heavy (non-hydrogen) atoms. The van der Waals surface area contributed by atoms with Crippen LogP contribution >= 0.6 is 15.9 Å². The Balaban J connectivity index is 1.99. The maximum Gasteiger partial charge on any atom is 0.0510 e. The summed E-state index contributed by atoms with van der Waals surface area (Å²) in [6, 6.07) is 6.68. The van der Waals surface area contributed by atoms with Gasteiger partial charge in [0.2, 0.25) is 0 Å². The van der Waals surface area contributed by atoms with Crippen molar-refractivity contribution >= 4 is 21.6 Å². The largest absolute Gasteiger partial charge is 0.371 e. The highest BCUT2D eigenvalue weighted by molar-refractivity contribution is 9.10. The molecule has 1 fully saturated rings. The van der Waals surface area contributed by atoms with Gasteiger partial charge in [-0.2, -0.15) is 0 Å². The van der Waals surface area contributed by atoms with Gasteiger partial charge in [-0.15, -0.1) is 0 Å². The van der Waals surface area contributed by atoms with Gasteiger partial charge in [0.05, 0.1) is 5.69 Å². The first-order chi connectivity index (χ1) is 9.24. The molecule has 1 aliphatic rings. The summed E-state index contributed by atoms with van der Waals surface area (Å²) in [4.78, 5) is 2.52. The molecule has 1 aromatic rings. The normalized spacial score (nSPS) is 16.9. The molecule has 0 radical (unpaired) electrons. The summed E-state index contributed by atoms with van der Waals surface area (Å²) in [5, 5.41) is 0. The highest BCUT2D eigenvalue weighted by Gasteiger charge is 2.20. The van der Waals surface area contributed by atoms with Crippen molar-refractivity contribution in [1.29, 1.82) is 0 Å². The Morgan fingerprint density at radius 2 is 2.05 bits per heavy atom. The van der Waals surface area contributed by atoms with Gasteiger partial charge in [-0.25, -0.2) is 0 Å². The van der Waals surface area contributed by atoms with Crippen LogP contribution in [0, 0.1) is 5.92 Å². The van der Waals surface area contributed by atoms with E-state index in [9.17, 15) is 0 Å². The van der Waals surface area contributed by atoms with Gasteiger partial charge in [0.15, 0.2) is 0 Å². The Morgan fingerprint density at radius 3 is 2.63 bits per heavy atom. The standard InChI is InChI=1S/C16H25BrN2/c1-2-3-13-7-10-19(11-8-13)16-5-4-14(6-9-18)12-15(16)17/h4-5,12-13H,2-3,6-11,18H2,1H3. The average molecular weight is 325 g/mol. The van der Waals surface area contributed by atoms with Crippen molar-refractivity contribution in [2.75, 3.05) is 24.5 Å². The smallest absolute Gasteiger partial charge is 0.0510 e. The Bertz CT molecular complexity index is 398. The van der Waals surface area contributed by atoms with Gasteiger partial charge in [0.1, 0.15) is 0 Å². The Morgan fingerprint density at radius 1 is 1.32 bits per heavy atom. The number of nitrogens with two attached hydrogens (primary N) is 1. The number of piperidine rings is 1. The van der Waals surface area contributed by atoms with Crippen LogP contribution in [0.4, 0.5) is 5.69 Å². The first kappa shape index (κ1) is 14.9. The average Bonchev–Trinajstić information content (AvgIpc) is 2.41. The first-order valence-corrected chi connectivity index (χ1v) is 8.27. The Kier molecular flexibility index (Phi) is 5.71. The SMILES string of the molecule is CCCC1CCN(c2ccc(CCN)cc2Br)CC1. The minimum Gasteiger partial charge on any atom is -0.371 e. The van der Waals surface area contributed by atoms with Gasteiger partial charge in [-0.3, -0.25) is 0 Å². The van der Waals surface area contributed by atoms with Gasteiger partial charge in [0, 0.05) is 17.6 Å². The topological polar surface area (TPSA) is 29.3 Å². The molecule has 2 rings (SSSR count). The quantitative estimate of drug-likeness (QED) is 0.888. The van der Waals surface area contributed by atoms with Crippen LogP contribution in [0.5, 0.6) is 0 Å². The van der Waals surface area contributed by atoms with Gasteiger partial charge < -0.3 is 10.6 Å². The fraction of sp³-hybridized carbons (Fsp3) is 0.625. The predicted octanol–water partition coefficient (Wildman–Crippen LogP) is 3.97. The molecule has 0 aliphatic carbocycles. The predicted molar refractivity (Wildman–Crippen MR) is 86.7 cm³/mol. The molecule has 1 aromatic carbocycles. The van der Waals surface area contributed by atoms with E-state index < -0.39 is 0 Å². The molecule has 0 unspecified atom stereocenters. The molecule has 0 atom stereocenters. The molecule has 106 valence electrons. The lowest BCUT2D eigenvalue weighted by molar-refractivity contribution is 0.378. The van der Waals surface area contributed by atoms with Gasteiger partial charge in [-0.05, 0) is 65.4 Å². The first-order valence-electron chi connectivity index (χ1n) is 7.48. The molecule has 0 spiro atoms. The van der Waals surface area contributed by atoms with Crippen molar-refractivity contribution in [3.05, 3.63) is 28.2 Å². The number of anilines is 1. The van der Waals surface area contributed by atoms with Crippen molar-refractivity contribution in [3.63, 3.8) is 0 Å². The van der Waals surface area contributed by atoms with Crippen molar-refractivity contribution in [3.8, 4) is 0 Å². The van der Waals surface area contributed by atoms with Gasteiger partial charge in [0.25, 0.3) is 0 Å². The number of nitrogens with zero attached hydrogens (tertiary/aromatic N) is 1. The summed E-state index contributed by atoms with van der Waals surface area (Å²) in [7, 11) is 0. The van der Waals surface area contributed by atoms with Crippen LogP contribution in [0.3, 0.4) is 0 Å². The van der Waals surface area contributed by atoms with E-state index in [-0.39, 0.29) is 0 Å². The molecule has 3 heteroatoms. The zero-order valence-corrected chi connectivity index (χ0v) is 13.5. The van der Waals surface area contributed by atoms with Gasteiger partial charge in [-0.1, -0.05) is 25.8 Å². The second kappa shape index (κ2) is 7.30. The van der Waals surface area contributed by atoms with E-state index in [0.717, 1.165) is 12.3 Å². The van der Waals surface area contributed by atoms with Crippen LogP contribution in [0.25, 0.3) is 0 Å². The molecule has 2 nitrogen and oxygen atoms in total. The highest BCUT2D eigenvalue weighted by Crippen LogP contribution is 2.31. The number of hydrogen-bond donors (Lipinski definition) is 1. The minimum absolute atomic E-state index is 0.716. The van der Waals surface area contributed by atoms with E-state index in [0.29, 0.717) is 6.54 Å². The lowest BCUT2D eigenvalue weighted by atomic mass is 9.92. The van der Waals surface area contributed by atoms with E-state index in [1.54, 1.807) is 0 Å². The van der Waals surface area contributed by atoms with Gasteiger partial charge >= 0.3 is 0 Å². The molecule has 0 saturated carbocycles. The van der Waals surface area contributed by atoms with Crippen molar-refractivity contribution in [2.24, 2.45) is 11.7 Å². The molecule has 1 saturated heterocycles. The molecule has 1 heterocycles. The van der Waals surface area contributed by atoms with E-state index in [1.165, 1.54) is 54.5 Å². The second-order valence-electron chi connectivity index (χ2n) is 5.54. The van der Waals surface area contributed by atoms with Crippen LogP contribution in [0.2, 0.25) is 0 Å². The summed E-state index contributed by atoms with van der Waals surface area (Å²) in [6.07, 6.45) is 6.35. The molecule has 0 bridgehead atoms. The third kappa shape index (κ3) is 3.96. The fourth-order valence-electron chi connectivity index (χ4n) is 3.00. The van der Waals surface area contributed by atoms with Crippen LogP contribution in [-0.4, -0.2) is 19.6 Å². The third-order valence-corrected chi connectivity index (χ3v) is 4.73. The van der Waals surface area contributed by atoms with Crippen molar-refractivity contribution < 1.29 is 0 Å². The molecule has 2 N–H and O–H groups in total. The zero-order chi connectivity index (χ0) is 13.7. The van der Waals surface area contributed by atoms with E-state index in [1.807, 2.05) is 0 Å². The van der Waals surface area contributed by atoms with Crippen LogP contribution < -0.4 is 10.6 Å². The molecule has 0 aromatic heterocycles. The Labute approximate surface area is 125 Å². The highest BCUT2D eigenvalue weighted by atomic mass is 79.9. The van der Waals surface area contributed by atoms with E-state index in [4.69, 9.17) is 5.73 Å². The number of halogens is 1.